The standard InChI is InChI=1S/C11H16N4O5S/c1-3-13-8-4-5-10(9(6-8)15(17)18)21(19,20)14-7(2)11(12)16/h4-7,13-14H,3H2,1-2H3,(H2,12,16). The van der Waals surface area contributed by atoms with E-state index in [1.165, 1.54) is 13.0 Å². The van der Waals surface area contributed by atoms with Crippen molar-refractivity contribution in [3.8, 4) is 0 Å². The molecule has 1 rings (SSSR count). The number of rotatable bonds is 7. The molecule has 0 bridgehead atoms. The summed E-state index contributed by atoms with van der Waals surface area (Å²) >= 11 is 0. The minimum absolute atomic E-state index is 0.422. The second-order valence-electron chi connectivity index (χ2n) is 4.22. The van der Waals surface area contributed by atoms with Crippen LogP contribution in [0.15, 0.2) is 23.1 Å². The Hall–Kier alpha value is -2.20. The van der Waals surface area contributed by atoms with Crippen molar-refractivity contribution in [3.05, 3.63) is 28.3 Å². The van der Waals surface area contributed by atoms with E-state index in [1.807, 2.05) is 4.72 Å². The van der Waals surface area contributed by atoms with Gasteiger partial charge in [-0.25, -0.2) is 8.42 Å². The molecule has 1 atom stereocenters. The lowest BCUT2D eigenvalue weighted by Gasteiger charge is -2.12. The lowest BCUT2D eigenvalue weighted by Crippen LogP contribution is -2.42. The highest BCUT2D eigenvalue weighted by atomic mass is 32.2. The molecule has 0 radical (unpaired) electrons. The third-order valence-corrected chi connectivity index (χ3v) is 4.17. The second-order valence-corrected chi connectivity index (χ2v) is 5.90. The van der Waals surface area contributed by atoms with E-state index in [0.29, 0.717) is 12.2 Å². The van der Waals surface area contributed by atoms with E-state index in [1.54, 1.807) is 6.92 Å². The molecule has 1 aromatic carbocycles. The van der Waals surface area contributed by atoms with Crippen LogP contribution in [0.25, 0.3) is 0 Å². The zero-order valence-electron chi connectivity index (χ0n) is 11.5. The van der Waals surface area contributed by atoms with Gasteiger partial charge in [-0.05, 0) is 26.0 Å². The molecule has 0 spiro atoms. The fourth-order valence-corrected chi connectivity index (χ4v) is 2.92. The molecule has 0 saturated carbocycles. The molecule has 0 aromatic heterocycles. The van der Waals surface area contributed by atoms with Gasteiger partial charge in [0, 0.05) is 18.3 Å². The van der Waals surface area contributed by atoms with E-state index in [-0.39, 0.29) is 0 Å². The predicted octanol–water partition coefficient (Wildman–Crippen LogP) is 0.179. The average molecular weight is 316 g/mol. The Balaban J connectivity index is 3.28. The molecule has 21 heavy (non-hydrogen) atoms. The first-order valence-electron chi connectivity index (χ1n) is 6.03. The van der Waals surface area contributed by atoms with Gasteiger partial charge in [-0.3, -0.25) is 14.9 Å². The predicted molar refractivity (Wildman–Crippen MR) is 76.2 cm³/mol. The van der Waals surface area contributed by atoms with Crippen LogP contribution in [-0.2, 0) is 14.8 Å². The van der Waals surface area contributed by atoms with E-state index in [4.69, 9.17) is 5.73 Å². The first kappa shape index (κ1) is 16.9. The SMILES string of the molecule is CCNc1ccc(S(=O)(=O)NC(C)C(N)=O)c([N+](=O)[O-])c1. The number of nitrogens with one attached hydrogen (secondary N) is 2. The van der Waals surface area contributed by atoms with Crippen molar-refractivity contribution in [2.75, 3.05) is 11.9 Å². The summed E-state index contributed by atoms with van der Waals surface area (Å²) in [5, 5.41) is 13.9. The minimum Gasteiger partial charge on any atom is -0.385 e. The Bertz CT molecular complexity index is 659. The Kier molecular flexibility index (Phi) is 5.22. The molecule has 0 saturated heterocycles. The van der Waals surface area contributed by atoms with Crippen molar-refractivity contribution in [3.63, 3.8) is 0 Å². The van der Waals surface area contributed by atoms with Gasteiger partial charge in [-0.2, -0.15) is 4.72 Å². The maximum atomic E-state index is 12.1. The van der Waals surface area contributed by atoms with Crippen LogP contribution in [0.4, 0.5) is 11.4 Å². The van der Waals surface area contributed by atoms with Crippen LogP contribution in [0.3, 0.4) is 0 Å². The molecular formula is C11H16N4O5S. The number of nitro benzene ring substituents is 1. The van der Waals surface area contributed by atoms with Crippen LogP contribution in [0.2, 0.25) is 0 Å². The summed E-state index contributed by atoms with van der Waals surface area (Å²) in [4.78, 5) is 20.6. The molecule has 4 N–H and O–H groups in total. The molecule has 1 unspecified atom stereocenters. The average Bonchev–Trinajstić information content (AvgIpc) is 2.38. The highest BCUT2D eigenvalue weighted by Crippen LogP contribution is 2.27. The summed E-state index contributed by atoms with van der Waals surface area (Å²) < 4.78 is 26.2. The second kappa shape index (κ2) is 6.50. The summed E-state index contributed by atoms with van der Waals surface area (Å²) in [6.45, 7) is 3.57. The molecule has 1 aromatic rings. The van der Waals surface area contributed by atoms with Crippen LogP contribution in [-0.4, -0.2) is 31.8 Å². The van der Waals surface area contributed by atoms with Gasteiger partial charge in [-0.15, -0.1) is 0 Å². The monoisotopic (exact) mass is 316 g/mol. The van der Waals surface area contributed by atoms with Crippen molar-refractivity contribution in [1.29, 1.82) is 0 Å². The first-order chi connectivity index (χ1) is 9.69. The van der Waals surface area contributed by atoms with Crippen molar-refractivity contribution >= 4 is 27.3 Å². The highest BCUT2D eigenvalue weighted by molar-refractivity contribution is 7.89. The van der Waals surface area contributed by atoms with E-state index < -0.39 is 37.5 Å². The number of carbonyl (C=O) groups excluding carboxylic acids is 1. The molecule has 0 aliphatic rings. The van der Waals surface area contributed by atoms with Gasteiger partial charge in [0.2, 0.25) is 15.9 Å². The number of hydrogen-bond acceptors (Lipinski definition) is 6. The number of benzene rings is 1. The van der Waals surface area contributed by atoms with Crippen LogP contribution < -0.4 is 15.8 Å². The summed E-state index contributed by atoms with van der Waals surface area (Å²) in [7, 11) is -4.23. The number of primary amides is 1. The van der Waals surface area contributed by atoms with Crippen LogP contribution >= 0.6 is 0 Å². The van der Waals surface area contributed by atoms with Gasteiger partial charge in [0.25, 0.3) is 5.69 Å². The molecule has 0 aliphatic carbocycles. The largest absolute Gasteiger partial charge is 0.385 e. The number of nitrogens with two attached hydrogens (primary N) is 1. The third kappa shape index (κ3) is 4.13. The molecule has 0 heterocycles. The lowest BCUT2D eigenvalue weighted by atomic mass is 10.3. The van der Waals surface area contributed by atoms with E-state index in [0.717, 1.165) is 12.1 Å². The normalized spacial score (nSPS) is 12.7. The van der Waals surface area contributed by atoms with Crippen molar-refractivity contribution in [2.45, 2.75) is 24.8 Å². The van der Waals surface area contributed by atoms with Crippen molar-refractivity contribution in [1.82, 2.24) is 4.72 Å². The van der Waals surface area contributed by atoms with E-state index >= 15 is 0 Å². The number of hydrogen-bond donors (Lipinski definition) is 3. The van der Waals surface area contributed by atoms with E-state index in [9.17, 15) is 23.3 Å². The zero-order valence-corrected chi connectivity index (χ0v) is 12.3. The molecule has 0 fully saturated rings. The summed E-state index contributed by atoms with van der Waals surface area (Å²) in [5.74, 6) is -0.884. The third-order valence-electron chi connectivity index (χ3n) is 2.58. The minimum atomic E-state index is -4.23. The Morgan fingerprint density at radius 3 is 2.57 bits per heavy atom. The number of nitro groups is 1. The smallest absolute Gasteiger partial charge is 0.291 e. The molecule has 0 aliphatic heterocycles. The molecule has 116 valence electrons. The van der Waals surface area contributed by atoms with Crippen LogP contribution in [0.1, 0.15) is 13.8 Å². The Labute approximate surface area is 121 Å². The quantitative estimate of drug-likeness (QED) is 0.483. The molecular weight excluding hydrogens is 300 g/mol. The number of nitrogens with zero attached hydrogens (tertiary/aromatic N) is 1. The fourth-order valence-electron chi connectivity index (χ4n) is 1.56. The summed E-state index contributed by atoms with van der Waals surface area (Å²) in [5.41, 5.74) is 4.81. The maximum absolute atomic E-state index is 12.1. The fraction of sp³-hybridized carbons (Fsp3) is 0.364. The van der Waals surface area contributed by atoms with Crippen LogP contribution in [0, 0.1) is 10.1 Å². The van der Waals surface area contributed by atoms with Gasteiger partial charge in [0.15, 0.2) is 4.90 Å². The van der Waals surface area contributed by atoms with Gasteiger partial charge in [0.1, 0.15) is 0 Å². The van der Waals surface area contributed by atoms with Gasteiger partial charge < -0.3 is 11.1 Å². The molecule has 9 nitrogen and oxygen atoms in total. The summed E-state index contributed by atoms with van der Waals surface area (Å²) in [6, 6.07) is 2.45. The summed E-state index contributed by atoms with van der Waals surface area (Å²) in [6.07, 6.45) is 0. The number of sulfonamides is 1. The van der Waals surface area contributed by atoms with E-state index in [2.05, 4.69) is 5.32 Å². The zero-order chi connectivity index (χ0) is 16.2. The molecule has 10 heteroatoms. The van der Waals surface area contributed by atoms with Gasteiger partial charge in [0.05, 0.1) is 11.0 Å². The van der Waals surface area contributed by atoms with Gasteiger partial charge in [-0.1, -0.05) is 0 Å². The number of anilines is 1. The topological polar surface area (TPSA) is 144 Å². The maximum Gasteiger partial charge on any atom is 0.291 e. The highest BCUT2D eigenvalue weighted by Gasteiger charge is 2.28. The van der Waals surface area contributed by atoms with Crippen molar-refractivity contribution in [2.24, 2.45) is 5.73 Å². The molecule has 1 amide bonds. The first-order valence-corrected chi connectivity index (χ1v) is 7.51. The lowest BCUT2D eigenvalue weighted by molar-refractivity contribution is -0.387. The van der Waals surface area contributed by atoms with Crippen LogP contribution in [0.5, 0.6) is 0 Å². The Morgan fingerprint density at radius 2 is 2.10 bits per heavy atom. The Morgan fingerprint density at radius 1 is 1.48 bits per heavy atom. The van der Waals surface area contributed by atoms with Crippen molar-refractivity contribution < 1.29 is 18.1 Å². The number of carbonyl (C=O) groups is 1. The van der Waals surface area contributed by atoms with Gasteiger partial charge >= 0.3 is 0 Å². The number of amides is 1.